The predicted octanol–water partition coefficient (Wildman–Crippen LogP) is -2.69. The van der Waals surface area contributed by atoms with Crippen molar-refractivity contribution in [1.29, 1.82) is 0 Å². The Balaban J connectivity index is 2.54. The van der Waals surface area contributed by atoms with Crippen molar-refractivity contribution in [2.24, 2.45) is 0 Å². The quantitative estimate of drug-likeness (QED) is 0.292. The summed E-state index contributed by atoms with van der Waals surface area (Å²) in [5, 5.41) is 40.9. The number of carbonyl (C=O) groups is 1. The molecule has 0 aromatic rings. The Morgan fingerprint density at radius 1 is 1.43 bits per heavy atom. The summed E-state index contributed by atoms with van der Waals surface area (Å²) in [6, 6.07) is -1.37. The van der Waals surface area contributed by atoms with Gasteiger partial charge in [-0.3, -0.25) is 0 Å². The zero-order valence-corrected chi connectivity index (χ0v) is 7.42. The molecule has 0 bridgehead atoms. The Morgan fingerprint density at radius 3 is 2.57 bits per heavy atom. The third-order valence-electron chi connectivity index (χ3n) is 2.28. The third-order valence-corrected chi connectivity index (χ3v) is 2.28. The molecule has 4 atom stereocenters. The highest BCUT2D eigenvalue weighted by molar-refractivity contribution is 5.65. The number of piperidine rings is 1. The molecule has 1 heterocycles. The van der Waals surface area contributed by atoms with Crippen LogP contribution in [0.1, 0.15) is 0 Å². The Labute approximate surface area is 80.4 Å². The Kier molecular flexibility index (Phi) is 3.64. The minimum Gasteiger partial charge on any atom is -0.465 e. The number of nitrogens with one attached hydrogen (secondary N) is 2. The number of carboxylic acid groups (broad SMARTS) is 1. The summed E-state index contributed by atoms with van der Waals surface area (Å²) in [6.45, 7) is -0.131. The summed E-state index contributed by atoms with van der Waals surface area (Å²) >= 11 is 0. The molecule has 1 saturated heterocycles. The molecule has 0 saturated carbocycles. The minimum absolute atomic E-state index is 0.176. The largest absolute Gasteiger partial charge is 0.465 e. The van der Waals surface area contributed by atoms with Gasteiger partial charge in [-0.2, -0.15) is 0 Å². The summed E-state index contributed by atoms with van der Waals surface area (Å²) < 4.78 is 0. The van der Waals surface area contributed by atoms with Gasteiger partial charge in [0.15, 0.2) is 0 Å². The molecule has 1 aliphatic heterocycles. The molecule has 1 rings (SSSR count). The van der Waals surface area contributed by atoms with E-state index in [4.69, 9.17) is 10.2 Å². The number of rotatable bonds is 2. The van der Waals surface area contributed by atoms with Crippen LogP contribution in [-0.2, 0) is 0 Å². The van der Waals surface area contributed by atoms with Gasteiger partial charge in [0.05, 0.1) is 24.8 Å². The summed E-state index contributed by atoms with van der Waals surface area (Å²) in [7, 11) is 0. The lowest BCUT2D eigenvalue weighted by Gasteiger charge is -2.37. The van der Waals surface area contributed by atoms with E-state index in [0.29, 0.717) is 0 Å². The SMILES string of the molecule is O=C(O)N[C@H]1CN[C@H](CO)[C@H](O)[C@@H]1O. The van der Waals surface area contributed by atoms with Gasteiger partial charge in [-0.25, -0.2) is 4.79 Å². The van der Waals surface area contributed by atoms with E-state index in [2.05, 4.69) is 10.6 Å². The maximum absolute atomic E-state index is 10.3. The first-order valence-electron chi connectivity index (χ1n) is 4.26. The topological polar surface area (TPSA) is 122 Å². The van der Waals surface area contributed by atoms with Gasteiger partial charge in [-0.15, -0.1) is 0 Å². The van der Waals surface area contributed by atoms with Crippen LogP contribution in [0.3, 0.4) is 0 Å². The molecule has 0 radical (unpaired) electrons. The number of hydrogen-bond donors (Lipinski definition) is 6. The van der Waals surface area contributed by atoms with Gasteiger partial charge in [0, 0.05) is 6.54 Å². The molecule has 0 aromatic carbocycles. The normalized spacial score (nSPS) is 37.9. The van der Waals surface area contributed by atoms with Crippen LogP contribution in [-0.4, -0.2) is 64.0 Å². The van der Waals surface area contributed by atoms with Gasteiger partial charge in [0.25, 0.3) is 0 Å². The lowest BCUT2D eigenvalue weighted by molar-refractivity contribution is -0.0538. The van der Waals surface area contributed by atoms with E-state index in [0.717, 1.165) is 0 Å². The van der Waals surface area contributed by atoms with E-state index in [-0.39, 0.29) is 13.2 Å². The van der Waals surface area contributed by atoms with Crippen LogP contribution in [0.2, 0.25) is 0 Å². The lowest BCUT2D eigenvalue weighted by atomic mass is 9.95. The predicted molar refractivity (Wildman–Crippen MR) is 45.8 cm³/mol. The van der Waals surface area contributed by atoms with Crippen molar-refractivity contribution >= 4 is 6.09 Å². The molecule has 1 amide bonds. The average Bonchev–Trinajstić information content (AvgIpc) is 2.13. The van der Waals surface area contributed by atoms with E-state index < -0.39 is 30.4 Å². The summed E-state index contributed by atoms with van der Waals surface area (Å²) in [5.74, 6) is 0. The second-order valence-electron chi connectivity index (χ2n) is 3.23. The highest BCUT2D eigenvalue weighted by Crippen LogP contribution is 2.10. The smallest absolute Gasteiger partial charge is 0.405 e. The van der Waals surface area contributed by atoms with Gasteiger partial charge < -0.3 is 31.1 Å². The fraction of sp³-hybridized carbons (Fsp3) is 0.857. The molecule has 14 heavy (non-hydrogen) atoms. The van der Waals surface area contributed by atoms with E-state index in [1.807, 2.05) is 0 Å². The summed E-state index contributed by atoms with van der Waals surface area (Å²) in [4.78, 5) is 10.3. The third kappa shape index (κ3) is 2.32. The van der Waals surface area contributed by atoms with Gasteiger partial charge >= 0.3 is 6.09 Å². The summed E-state index contributed by atoms with van der Waals surface area (Å²) in [5.41, 5.74) is 0. The zero-order chi connectivity index (χ0) is 10.7. The maximum Gasteiger partial charge on any atom is 0.405 e. The van der Waals surface area contributed by atoms with Crippen molar-refractivity contribution in [3.8, 4) is 0 Å². The molecule has 6 N–H and O–H groups in total. The lowest BCUT2D eigenvalue weighted by Crippen LogP contribution is -2.65. The van der Waals surface area contributed by atoms with Crippen LogP contribution in [0.15, 0.2) is 0 Å². The van der Waals surface area contributed by atoms with Gasteiger partial charge in [0.1, 0.15) is 6.10 Å². The molecule has 0 unspecified atom stereocenters. The molecule has 0 aromatic heterocycles. The van der Waals surface area contributed by atoms with E-state index in [1.54, 1.807) is 0 Å². The fourth-order valence-corrected chi connectivity index (χ4v) is 1.46. The van der Waals surface area contributed by atoms with Crippen molar-refractivity contribution in [2.75, 3.05) is 13.2 Å². The molecule has 1 aliphatic rings. The maximum atomic E-state index is 10.3. The first-order chi connectivity index (χ1) is 6.56. The standard InChI is InChI=1S/C7H14N2O5/c10-2-4-6(12)5(11)3(1-8-4)9-7(13)14/h3-6,8-12H,1-2H2,(H,13,14)/t3-,4+,5+,6-/m0/s1. The highest BCUT2D eigenvalue weighted by Gasteiger charge is 2.37. The Hall–Kier alpha value is -0.890. The molecule has 0 aliphatic carbocycles. The average molecular weight is 206 g/mol. The Bertz CT molecular complexity index is 212. The molecule has 7 heteroatoms. The van der Waals surface area contributed by atoms with Crippen LogP contribution in [0.5, 0.6) is 0 Å². The number of aliphatic hydroxyl groups excluding tert-OH is 3. The van der Waals surface area contributed by atoms with Crippen LogP contribution in [0, 0.1) is 0 Å². The van der Waals surface area contributed by atoms with Crippen LogP contribution < -0.4 is 10.6 Å². The first kappa shape index (κ1) is 11.2. The molecular weight excluding hydrogens is 192 g/mol. The minimum atomic E-state index is -1.26. The van der Waals surface area contributed by atoms with Crippen LogP contribution in [0.4, 0.5) is 4.79 Å². The Morgan fingerprint density at radius 2 is 2.07 bits per heavy atom. The van der Waals surface area contributed by atoms with Crippen molar-refractivity contribution in [3.05, 3.63) is 0 Å². The molecule has 1 fully saturated rings. The highest BCUT2D eigenvalue weighted by atomic mass is 16.4. The number of aliphatic hydroxyl groups is 3. The van der Waals surface area contributed by atoms with Crippen molar-refractivity contribution in [2.45, 2.75) is 24.3 Å². The molecule has 0 spiro atoms. The molecule has 82 valence electrons. The monoisotopic (exact) mass is 206 g/mol. The second kappa shape index (κ2) is 4.56. The van der Waals surface area contributed by atoms with Crippen molar-refractivity contribution < 1.29 is 25.2 Å². The van der Waals surface area contributed by atoms with Gasteiger partial charge in [-0.1, -0.05) is 0 Å². The van der Waals surface area contributed by atoms with E-state index in [1.165, 1.54) is 0 Å². The zero-order valence-electron chi connectivity index (χ0n) is 7.42. The second-order valence-corrected chi connectivity index (χ2v) is 3.23. The van der Waals surface area contributed by atoms with Crippen LogP contribution >= 0.6 is 0 Å². The number of hydrogen-bond acceptors (Lipinski definition) is 5. The molecule has 7 nitrogen and oxygen atoms in total. The van der Waals surface area contributed by atoms with Crippen LogP contribution in [0.25, 0.3) is 0 Å². The van der Waals surface area contributed by atoms with Gasteiger partial charge in [0.2, 0.25) is 0 Å². The molecular formula is C7H14N2O5. The fourth-order valence-electron chi connectivity index (χ4n) is 1.46. The number of amides is 1. The van der Waals surface area contributed by atoms with Gasteiger partial charge in [-0.05, 0) is 0 Å². The van der Waals surface area contributed by atoms with E-state index in [9.17, 15) is 15.0 Å². The van der Waals surface area contributed by atoms with Crippen molar-refractivity contribution in [1.82, 2.24) is 10.6 Å². The van der Waals surface area contributed by atoms with E-state index >= 15 is 0 Å². The van der Waals surface area contributed by atoms with Crippen molar-refractivity contribution in [3.63, 3.8) is 0 Å². The first-order valence-corrected chi connectivity index (χ1v) is 4.26. The summed E-state index contributed by atoms with van der Waals surface area (Å²) in [6.07, 6.45) is -3.64.